The smallest absolute Gasteiger partial charge is 0.0694 e. The van der Waals surface area contributed by atoms with Gasteiger partial charge in [0, 0.05) is 24.5 Å². The van der Waals surface area contributed by atoms with Gasteiger partial charge in [0.1, 0.15) is 0 Å². The van der Waals surface area contributed by atoms with Gasteiger partial charge in [-0.2, -0.15) is 0 Å². The molecule has 0 aromatic heterocycles. The van der Waals surface area contributed by atoms with Crippen molar-refractivity contribution in [1.82, 2.24) is 0 Å². The zero-order valence-electron chi connectivity index (χ0n) is 9.78. The first-order valence-corrected chi connectivity index (χ1v) is 6.55. The van der Waals surface area contributed by atoms with Crippen molar-refractivity contribution in [2.24, 2.45) is 16.7 Å². The molecule has 0 heterocycles. The van der Waals surface area contributed by atoms with Crippen LogP contribution in [0.4, 0.5) is 0 Å². The highest BCUT2D eigenvalue weighted by molar-refractivity contribution is 5.21. The van der Waals surface area contributed by atoms with Crippen LogP contribution < -0.4 is 0 Å². The summed E-state index contributed by atoms with van der Waals surface area (Å²) in [5.41, 5.74) is -0.744. The molecule has 3 aliphatic carbocycles. The van der Waals surface area contributed by atoms with E-state index >= 15 is 0 Å². The van der Waals surface area contributed by atoms with Gasteiger partial charge >= 0.3 is 0 Å². The summed E-state index contributed by atoms with van der Waals surface area (Å²) in [5, 5.41) is 30.0. The van der Waals surface area contributed by atoms with Crippen LogP contribution in [0.5, 0.6) is 0 Å². The van der Waals surface area contributed by atoms with Crippen LogP contribution in [0.2, 0.25) is 0 Å². The number of hydrogen-bond acceptors (Lipinski definition) is 3. The first-order chi connectivity index (χ1) is 7.61. The maximum atomic E-state index is 10.6. The van der Waals surface area contributed by atoms with Crippen molar-refractivity contribution >= 4 is 0 Å². The number of aliphatic hydroxyl groups excluding tert-OH is 2. The minimum Gasteiger partial charge on any atom is -0.396 e. The molecule has 0 radical (unpaired) electrons. The van der Waals surface area contributed by atoms with E-state index in [0.29, 0.717) is 0 Å². The molecule has 0 saturated heterocycles. The molecule has 3 fully saturated rings. The van der Waals surface area contributed by atoms with E-state index in [4.69, 9.17) is 0 Å². The summed E-state index contributed by atoms with van der Waals surface area (Å²) < 4.78 is 0. The Labute approximate surface area is 96.5 Å². The van der Waals surface area contributed by atoms with Gasteiger partial charge in [-0.05, 0) is 37.5 Å². The predicted octanol–water partition coefficient (Wildman–Crippen LogP) is 1.06. The third-order valence-electron chi connectivity index (χ3n) is 5.71. The molecule has 3 nitrogen and oxygen atoms in total. The van der Waals surface area contributed by atoms with E-state index in [0.717, 1.165) is 44.9 Å². The minimum atomic E-state index is -0.574. The summed E-state index contributed by atoms with van der Waals surface area (Å²) in [7, 11) is 0. The number of rotatable bonds is 2. The zero-order valence-corrected chi connectivity index (χ0v) is 9.78. The van der Waals surface area contributed by atoms with Crippen LogP contribution in [-0.2, 0) is 0 Å². The Morgan fingerprint density at radius 2 is 1.50 bits per heavy atom. The normalized spacial score (nSPS) is 55.3. The largest absolute Gasteiger partial charge is 0.396 e. The Hall–Kier alpha value is -0.120. The SMILES string of the molecule is OCC12CCCCC3(CO)CC(O)(CC1)C23. The molecule has 0 aliphatic heterocycles. The van der Waals surface area contributed by atoms with Crippen LogP contribution in [0.1, 0.15) is 44.9 Å². The fourth-order valence-electron chi connectivity index (χ4n) is 5.25. The maximum absolute atomic E-state index is 10.6. The Balaban J connectivity index is 2.01. The molecule has 0 amide bonds. The van der Waals surface area contributed by atoms with Crippen molar-refractivity contribution < 1.29 is 15.3 Å². The summed E-state index contributed by atoms with van der Waals surface area (Å²) in [6.45, 7) is 0.365. The molecular weight excluding hydrogens is 204 g/mol. The fourth-order valence-corrected chi connectivity index (χ4v) is 5.25. The van der Waals surface area contributed by atoms with Gasteiger partial charge in [0.25, 0.3) is 0 Å². The lowest BCUT2D eigenvalue weighted by atomic mass is 9.46. The minimum absolute atomic E-state index is 0.0789. The summed E-state index contributed by atoms with van der Waals surface area (Å²) in [5.74, 6) is 0.144. The highest BCUT2D eigenvalue weighted by Gasteiger charge is 2.72. The van der Waals surface area contributed by atoms with Crippen LogP contribution in [0.3, 0.4) is 0 Å². The highest BCUT2D eigenvalue weighted by atomic mass is 16.3. The molecule has 4 atom stereocenters. The Morgan fingerprint density at radius 1 is 0.875 bits per heavy atom. The Bertz CT molecular complexity index is 302. The van der Waals surface area contributed by atoms with E-state index in [1.54, 1.807) is 0 Å². The van der Waals surface area contributed by atoms with Gasteiger partial charge in [-0.25, -0.2) is 0 Å². The second-order valence-electron chi connectivity index (χ2n) is 6.46. The monoisotopic (exact) mass is 226 g/mol. The van der Waals surface area contributed by atoms with Crippen molar-refractivity contribution in [3.05, 3.63) is 0 Å². The van der Waals surface area contributed by atoms with Crippen LogP contribution in [0.25, 0.3) is 0 Å². The fraction of sp³-hybridized carbons (Fsp3) is 1.00. The molecule has 0 aromatic carbocycles. The number of aliphatic hydroxyl groups is 3. The van der Waals surface area contributed by atoms with Crippen molar-refractivity contribution in [1.29, 1.82) is 0 Å². The zero-order chi connectivity index (χ0) is 11.4. The van der Waals surface area contributed by atoms with Crippen molar-refractivity contribution in [3.63, 3.8) is 0 Å². The van der Waals surface area contributed by atoms with E-state index in [2.05, 4.69) is 0 Å². The lowest BCUT2D eigenvalue weighted by molar-refractivity contribution is -0.226. The average Bonchev–Trinajstić information content (AvgIpc) is 2.44. The Kier molecular flexibility index (Phi) is 2.21. The highest BCUT2D eigenvalue weighted by Crippen LogP contribution is 2.72. The van der Waals surface area contributed by atoms with Crippen molar-refractivity contribution in [3.8, 4) is 0 Å². The molecule has 3 heteroatoms. The molecule has 0 bridgehead atoms. The number of hydrogen-bond donors (Lipinski definition) is 3. The molecule has 92 valence electrons. The van der Waals surface area contributed by atoms with Gasteiger partial charge in [0.15, 0.2) is 0 Å². The summed E-state index contributed by atoms with van der Waals surface area (Å²) in [4.78, 5) is 0. The maximum Gasteiger partial charge on any atom is 0.0694 e. The lowest BCUT2D eigenvalue weighted by Crippen LogP contribution is -2.64. The van der Waals surface area contributed by atoms with Gasteiger partial charge in [0.2, 0.25) is 0 Å². The van der Waals surface area contributed by atoms with Crippen molar-refractivity contribution in [2.75, 3.05) is 13.2 Å². The standard InChI is InChI=1S/C13H22O3/c14-8-11-3-1-2-4-12(9-15)7-13(16,6-5-11)10(11)12/h10,14-16H,1-9H2. The molecule has 4 unspecified atom stereocenters. The van der Waals surface area contributed by atoms with E-state index in [9.17, 15) is 15.3 Å². The van der Waals surface area contributed by atoms with Gasteiger partial charge in [-0.15, -0.1) is 0 Å². The average molecular weight is 226 g/mol. The molecule has 3 rings (SSSR count). The van der Waals surface area contributed by atoms with E-state index in [1.807, 2.05) is 0 Å². The molecular formula is C13H22O3. The first-order valence-electron chi connectivity index (χ1n) is 6.55. The second kappa shape index (κ2) is 3.21. The molecule has 3 saturated carbocycles. The summed E-state index contributed by atoms with van der Waals surface area (Å²) >= 11 is 0. The molecule has 0 aromatic rings. The molecule has 16 heavy (non-hydrogen) atoms. The van der Waals surface area contributed by atoms with Gasteiger partial charge in [0.05, 0.1) is 5.60 Å². The van der Waals surface area contributed by atoms with E-state index < -0.39 is 5.60 Å². The second-order valence-corrected chi connectivity index (χ2v) is 6.46. The Morgan fingerprint density at radius 3 is 2.12 bits per heavy atom. The third-order valence-corrected chi connectivity index (χ3v) is 5.71. The quantitative estimate of drug-likeness (QED) is 0.660. The first kappa shape index (κ1) is 11.0. The van der Waals surface area contributed by atoms with Crippen LogP contribution in [0.15, 0.2) is 0 Å². The molecule has 3 N–H and O–H groups in total. The summed E-state index contributed by atoms with van der Waals surface area (Å²) in [6.07, 6.45) is 6.83. The van der Waals surface area contributed by atoms with Crippen LogP contribution in [-0.4, -0.2) is 34.1 Å². The van der Waals surface area contributed by atoms with Gasteiger partial charge < -0.3 is 15.3 Å². The summed E-state index contributed by atoms with van der Waals surface area (Å²) in [6, 6.07) is 0. The van der Waals surface area contributed by atoms with E-state index in [-0.39, 0.29) is 30.0 Å². The van der Waals surface area contributed by atoms with E-state index in [1.165, 1.54) is 0 Å². The van der Waals surface area contributed by atoms with Crippen LogP contribution >= 0.6 is 0 Å². The van der Waals surface area contributed by atoms with Gasteiger partial charge in [-0.3, -0.25) is 0 Å². The van der Waals surface area contributed by atoms with Gasteiger partial charge in [-0.1, -0.05) is 12.8 Å². The van der Waals surface area contributed by atoms with Crippen molar-refractivity contribution in [2.45, 2.75) is 50.5 Å². The topological polar surface area (TPSA) is 60.7 Å². The molecule has 3 aliphatic rings. The van der Waals surface area contributed by atoms with Crippen LogP contribution in [0, 0.1) is 16.7 Å². The third kappa shape index (κ3) is 1.09. The molecule has 0 spiro atoms. The lowest BCUT2D eigenvalue weighted by Gasteiger charge is -2.61. The predicted molar refractivity (Wildman–Crippen MR) is 59.8 cm³/mol.